The van der Waals surface area contributed by atoms with E-state index >= 15 is 0 Å². The average Bonchev–Trinajstić information content (AvgIpc) is 2.96. The molecule has 0 unspecified atom stereocenters. The molecule has 0 aromatic carbocycles. The molecule has 0 atom stereocenters. The summed E-state index contributed by atoms with van der Waals surface area (Å²) in [6, 6.07) is 0. The van der Waals surface area contributed by atoms with E-state index in [1.807, 2.05) is 0 Å². The molecule has 2 fully saturated rings. The predicted molar refractivity (Wildman–Crippen MR) is 76.9 cm³/mol. The maximum absolute atomic E-state index is 11.7. The van der Waals surface area contributed by atoms with Gasteiger partial charge in [-0.1, -0.05) is 24.6 Å². The monoisotopic (exact) mass is 275 g/mol. The topological polar surface area (TPSA) is 26.3 Å². The van der Waals surface area contributed by atoms with Gasteiger partial charge in [0.1, 0.15) is 11.5 Å². The molecule has 1 aliphatic heterocycles. The maximum atomic E-state index is 11.7. The third-order valence-corrected chi connectivity index (χ3v) is 6.86. The molecular weight excluding hydrogens is 252 g/mol. The maximum Gasteiger partial charge on any atom is 0.238 e. The molecule has 1 saturated heterocycles. The van der Waals surface area contributed by atoms with Crippen molar-refractivity contribution >= 4 is 27.8 Å². The Labute approximate surface area is 112 Å². The normalized spacial score (nSPS) is 22.4. The molecule has 0 bridgehead atoms. The van der Waals surface area contributed by atoms with Crippen LogP contribution >= 0.6 is 11.8 Å². The van der Waals surface area contributed by atoms with Gasteiger partial charge in [0.15, 0.2) is 5.75 Å². The Hall–Kier alpha value is 0.330. The predicted octanol–water partition coefficient (Wildman–Crippen LogP) is 2.62. The molecule has 17 heavy (non-hydrogen) atoms. The van der Waals surface area contributed by atoms with E-state index < -0.39 is 0 Å². The summed E-state index contributed by atoms with van der Waals surface area (Å²) in [6.45, 7) is 0.759. The summed E-state index contributed by atoms with van der Waals surface area (Å²) in [4.78, 5) is 11.7. The molecule has 1 aliphatic carbocycles. The van der Waals surface area contributed by atoms with Gasteiger partial charge >= 0.3 is 0 Å². The molecule has 0 radical (unpaired) electrons. The highest BCUT2D eigenvalue weighted by Gasteiger charge is 2.26. The van der Waals surface area contributed by atoms with Gasteiger partial charge in [0.05, 0.1) is 12.7 Å². The first-order valence-electron chi connectivity index (χ1n) is 6.76. The minimum absolute atomic E-state index is 0.394. The van der Waals surface area contributed by atoms with Gasteiger partial charge in [0, 0.05) is 5.75 Å². The largest absolute Gasteiger partial charge is 0.377 e. The number of hydrogen-bond donors (Lipinski definition) is 0. The molecule has 1 saturated carbocycles. The molecule has 2 aliphatic rings. The van der Waals surface area contributed by atoms with Crippen molar-refractivity contribution in [1.82, 2.24) is 0 Å². The summed E-state index contributed by atoms with van der Waals surface area (Å²) in [6.07, 6.45) is 8.25. The zero-order valence-electron chi connectivity index (χ0n) is 10.5. The standard InChI is InChI=1S/C13H23O2S2/c14-13(11-17-9-3-4-10-17)16-8-7-15-12-5-1-2-6-12/h12H,1-11H2/q+1. The zero-order chi connectivity index (χ0) is 11.9. The second-order valence-electron chi connectivity index (χ2n) is 4.87. The fourth-order valence-corrected chi connectivity index (χ4v) is 5.78. The van der Waals surface area contributed by atoms with Crippen LogP contribution in [0, 0.1) is 0 Å². The summed E-state index contributed by atoms with van der Waals surface area (Å²) in [5.74, 6) is 4.27. The Morgan fingerprint density at radius 2 is 1.88 bits per heavy atom. The third-order valence-electron chi connectivity index (χ3n) is 3.44. The number of rotatable bonds is 6. The van der Waals surface area contributed by atoms with Crippen molar-refractivity contribution in [1.29, 1.82) is 0 Å². The molecule has 2 rings (SSSR count). The second kappa shape index (κ2) is 7.70. The molecule has 0 aromatic heterocycles. The van der Waals surface area contributed by atoms with E-state index in [4.69, 9.17) is 4.74 Å². The van der Waals surface area contributed by atoms with Gasteiger partial charge in [0.2, 0.25) is 5.12 Å². The lowest BCUT2D eigenvalue weighted by Crippen LogP contribution is -2.17. The van der Waals surface area contributed by atoms with Crippen LogP contribution in [0.3, 0.4) is 0 Å². The summed E-state index contributed by atoms with van der Waals surface area (Å²) < 4.78 is 5.75. The van der Waals surface area contributed by atoms with Crippen LogP contribution < -0.4 is 0 Å². The first-order chi connectivity index (χ1) is 8.34. The van der Waals surface area contributed by atoms with Crippen LogP contribution in [-0.2, 0) is 20.4 Å². The van der Waals surface area contributed by atoms with E-state index in [1.165, 1.54) is 61.8 Å². The van der Waals surface area contributed by atoms with Crippen molar-refractivity contribution < 1.29 is 9.53 Å². The lowest BCUT2D eigenvalue weighted by atomic mass is 10.3. The van der Waals surface area contributed by atoms with E-state index in [1.54, 1.807) is 0 Å². The first kappa shape index (κ1) is 13.8. The second-order valence-corrected chi connectivity index (χ2v) is 8.35. The first-order valence-corrected chi connectivity index (χ1v) is 9.48. The molecule has 4 heteroatoms. The van der Waals surface area contributed by atoms with E-state index in [0.717, 1.165) is 18.1 Å². The van der Waals surface area contributed by atoms with Gasteiger partial charge in [-0.25, -0.2) is 0 Å². The summed E-state index contributed by atoms with van der Waals surface area (Å²) >= 11 is 1.49. The lowest BCUT2D eigenvalue weighted by Gasteiger charge is -2.09. The van der Waals surface area contributed by atoms with Crippen LogP contribution in [0.5, 0.6) is 0 Å². The minimum atomic E-state index is 0.394. The van der Waals surface area contributed by atoms with Gasteiger partial charge in [0.25, 0.3) is 0 Å². The van der Waals surface area contributed by atoms with Crippen molar-refractivity contribution in [2.24, 2.45) is 0 Å². The molecule has 0 N–H and O–H groups in total. The van der Waals surface area contributed by atoms with Crippen molar-refractivity contribution in [3.63, 3.8) is 0 Å². The van der Waals surface area contributed by atoms with Gasteiger partial charge in [-0.2, -0.15) is 0 Å². The lowest BCUT2D eigenvalue weighted by molar-refractivity contribution is -0.108. The highest BCUT2D eigenvalue weighted by molar-refractivity contribution is 8.15. The highest BCUT2D eigenvalue weighted by Crippen LogP contribution is 2.21. The highest BCUT2D eigenvalue weighted by atomic mass is 32.2. The van der Waals surface area contributed by atoms with Crippen LogP contribution in [0.1, 0.15) is 38.5 Å². The van der Waals surface area contributed by atoms with Gasteiger partial charge < -0.3 is 4.74 Å². The third kappa shape index (κ3) is 5.23. The van der Waals surface area contributed by atoms with Crippen molar-refractivity contribution in [3.8, 4) is 0 Å². The molecule has 98 valence electrons. The van der Waals surface area contributed by atoms with Gasteiger partial charge in [-0.05, 0) is 36.6 Å². The van der Waals surface area contributed by atoms with Crippen LogP contribution in [0.15, 0.2) is 0 Å². The van der Waals surface area contributed by atoms with Crippen LogP contribution in [0.25, 0.3) is 0 Å². The summed E-state index contributed by atoms with van der Waals surface area (Å²) in [5, 5.41) is 0.394. The SMILES string of the molecule is O=C(C[S+]1CCCC1)SCCOC1CCCC1. The summed E-state index contributed by atoms with van der Waals surface area (Å²) in [5.41, 5.74) is 0. The zero-order valence-corrected chi connectivity index (χ0v) is 12.1. The van der Waals surface area contributed by atoms with Crippen LogP contribution in [-0.4, -0.2) is 40.8 Å². The van der Waals surface area contributed by atoms with Crippen molar-refractivity contribution in [2.75, 3.05) is 29.6 Å². The molecule has 0 aromatic rings. The Balaban J connectivity index is 1.47. The fourth-order valence-electron chi connectivity index (χ4n) is 2.49. The Bertz CT molecular complexity index is 234. The van der Waals surface area contributed by atoms with Gasteiger partial charge in [-0.3, -0.25) is 4.79 Å². The Morgan fingerprint density at radius 3 is 2.59 bits per heavy atom. The smallest absolute Gasteiger partial charge is 0.238 e. The average molecular weight is 275 g/mol. The fraction of sp³-hybridized carbons (Fsp3) is 0.923. The van der Waals surface area contributed by atoms with Gasteiger partial charge in [-0.15, -0.1) is 0 Å². The van der Waals surface area contributed by atoms with E-state index in [9.17, 15) is 4.79 Å². The number of thioether (sulfide) groups is 1. The number of ether oxygens (including phenoxy) is 1. The number of carbonyl (C=O) groups is 1. The van der Waals surface area contributed by atoms with E-state index in [0.29, 0.717) is 22.1 Å². The van der Waals surface area contributed by atoms with Crippen molar-refractivity contribution in [3.05, 3.63) is 0 Å². The molecular formula is C13H23O2S2+. The van der Waals surface area contributed by atoms with Crippen molar-refractivity contribution in [2.45, 2.75) is 44.6 Å². The Kier molecular flexibility index (Phi) is 6.23. The summed E-state index contributed by atoms with van der Waals surface area (Å²) in [7, 11) is 0.424. The van der Waals surface area contributed by atoms with E-state index in [2.05, 4.69) is 0 Å². The minimum Gasteiger partial charge on any atom is -0.377 e. The molecule has 0 spiro atoms. The molecule has 0 amide bonds. The molecule has 1 heterocycles. The van der Waals surface area contributed by atoms with E-state index in [-0.39, 0.29) is 0 Å². The number of hydrogen-bond acceptors (Lipinski definition) is 3. The molecule has 2 nitrogen and oxygen atoms in total. The quantitative estimate of drug-likeness (QED) is 0.550. The van der Waals surface area contributed by atoms with Crippen LogP contribution in [0.4, 0.5) is 0 Å². The van der Waals surface area contributed by atoms with Crippen LogP contribution in [0.2, 0.25) is 0 Å². The Morgan fingerprint density at radius 1 is 1.18 bits per heavy atom. The number of carbonyl (C=O) groups excluding carboxylic acids is 1.